The van der Waals surface area contributed by atoms with Crippen LogP contribution in [-0.2, 0) is 4.74 Å². The van der Waals surface area contributed by atoms with Crippen LogP contribution in [-0.4, -0.2) is 30.1 Å². The minimum absolute atomic E-state index is 0.149. The Hall–Kier alpha value is -2.94. The first-order valence-electron chi connectivity index (χ1n) is 5.80. The Labute approximate surface area is 116 Å². The number of nitriles is 1. The average Bonchev–Trinajstić information content (AvgIpc) is 2.53. The molecule has 6 nitrogen and oxygen atoms in total. The number of aromatic nitrogens is 2. The van der Waals surface area contributed by atoms with Gasteiger partial charge in [-0.1, -0.05) is 6.07 Å². The van der Waals surface area contributed by atoms with Gasteiger partial charge in [0.1, 0.15) is 0 Å². The number of benzene rings is 1. The summed E-state index contributed by atoms with van der Waals surface area (Å²) in [7, 11) is 3.09. The molecule has 20 heavy (non-hydrogen) atoms. The normalized spacial score (nSPS) is 9.65. The van der Waals surface area contributed by atoms with Gasteiger partial charge in [-0.25, -0.2) is 14.8 Å². The first-order chi connectivity index (χ1) is 9.65. The maximum absolute atomic E-state index is 11.3. The highest BCUT2D eigenvalue weighted by molar-refractivity contribution is 5.86. The van der Waals surface area contributed by atoms with E-state index in [2.05, 4.69) is 20.8 Å². The molecule has 100 valence electrons. The third kappa shape index (κ3) is 2.72. The fourth-order valence-electron chi connectivity index (χ4n) is 1.62. The molecule has 0 N–H and O–H groups in total. The number of carbonyl (C=O) groups is 1. The van der Waals surface area contributed by atoms with E-state index in [0.29, 0.717) is 11.4 Å². The Balaban J connectivity index is 2.27. The molecule has 0 radical (unpaired) electrons. The third-order valence-corrected chi connectivity index (χ3v) is 2.74. The molecule has 0 bridgehead atoms. The van der Waals surface area contributed by atoms with Crippen LogP contribution >= 0.6 is 0 Å². The van der Waals surface area contributed by atoms with Crippen LogP contribution in [0.25, 0.3) is 0 Å². The summed E-state index contributed by atoms with van der Waals surface area (Å²) in [5.41, 5.74) is 1.52. The molecule has 0 saturated heterocycles. The smallest absolute Gasteiger partial charge is 0.358 e. The lowest BCUT2D eigenvalue weighted by molar-refractivity contribution is 0.0593. The van der Waals surface area contributed by atoms with Crippen LogP contribution in [0.4, 0.5) is 11.5 Å². The van der Waals surface area contributed by atoms with E-state index in [4.69, 9.17) is 5.26 Å². The van der Waals surface area contributed by atoms with Gasteiger partial charge in [-0.3, -0.25) is 0 Å². The number of carbonyl (C=O) groups excluding carboxylic acids is 1. The second kappa shape index (κ2) is 5.80. The van der Waals surface area contributed by atoms with Crippen molar-refractivity contribution in [3.8, 4) is 6.07 Å². The van der Waals surface area contributed by atoms with Gasteiger partial charge in [0.25, 0.3) is 0 Å². The van der Waals surface area contributed by atoms with Crippen LogP contribution in [0.15, 0.2) is 36.7 Å². The molecule has 2 aromatic rings. The molecular weight excluding hydrogens is 256 g/mol. The average molecular weight is 268 g/mol. The summed E-state index contributed by atoms with van der Waals surface area (Å²) >= 11 is 0. The fraction of sp³-hybridized carbons (Fsp3) is 0.143. The van der Waals surface area contributed by atoms with Crippen molar-refractivity contribution in [3.63, 3.8) is 0 Å². The predicted molar refractivity (Wildman–Crippen MR) is 72.6 cm³/mol. The van der Waals surface area contributed by atoms with Crippen molar-refractivity contribution in [1.29, 1.82) is 5.26 Å². The summed E-state index contributed by atoms with van der Waals surface area (Å²) in [5, 5.41) is 8.89. The molecule has 6 heteroatoms. The first-order valence-corrected chi connectivity index (χ1v) is 5.80. The van der Waals surface area contributed by atoms with Crippen LogP contribution in [0.2, 0.25) is 0 Å². The Morgan fingerprint density at radius 3 is 2.75 bits per heavy atom. The Bertz CT molecular complexity index is 662. The molecule has 0 amide bonds. The third-order valence-electron chi connectivity index (χ3n) is 2.74. The van der Waals surface area contributed by atoms with E-state index in [-0.39, 0.29) is 5.69 Å². The van der Waals surface area contributed by atoms with Crippen LogP contribution in [0.1, 0.15) is 16.1 Å². The highest BCUT2D eigenvalue weighted by Crippen LogP contribution is 2.21. The summed E-state index contributed by atoms with van der Waals surface area (Å²) in [6.45, 7) is 0. The molecule has 0 fully saturated rings. The summed E-state index contributed by atoms with van der Waals surface area (Å²) in [5.74, 6) is 0.0333. The molecule has 0 aliphatic heterocycles. The number of esters is 1. The number of hydrogen-bond acceptors (Lipinski definition) is 6. The van der Waals surface area contributed by atoms with Crippen molar-refractivity contribution in [2.24, 2.45) is 0 Å². The van der Waals surface area contributed by atoms with Crippen molar-refractivity contribution >= 4 is 17.5 Å². The summed E-state index contributed by atoms with van der Waals surface area (Å²) < 4.78 is 4.56. The molecule has 1 aromatic heterocycles. The Morgan fingerprint density at radius 2 is 2.15 bits per heavy atom. The molecular formula is C14H12N4O2. The number of ether oxygens (including phenoxy) is 1. The van der Waals surface area contributed by atoms with Crippen molar-refractivity contribution in [1.82, 2.24) is 9.97 Å². The van der Waals surface area contributed by atoms with E-state index >= 15 is 0 Å². The monoisotopic (exact) mass is 268 g/mol. The van der Waals surface area contributed by atoms with Gasteiger partial charge >= 0.3 is 5.97 Å². The lowest BCUT2D eigenvalue weighted by Crippen LogP contribution is -2.13. The quantitative estimate of drug-likeness (QED) is 0.791. The fourth-order valence-corrected chi connectivity index (χ4v) is 1.62. The largest absolute Gasteiger partial charge is 0.464 e. The molecule has 0 spiro atoms. The number of rotatable bonds is 3. The zero-order valence-electron chi connectivity index (χ0n) is 11.1. The molecule has 2 rings (SSSR count). The van der Waals surface area contributed by atoms with E-state index < -0.39 is 5.97 Å². The second-order valence-corrected chi connectivity index (χ2v) is 3.97. The Kier molecular flexibility index (Phi) is 3.91. The van der Waals surface area contributed by atoms with Crippen molar-refractivity contribution in [3.05, 3.63) is 47.9 Å². The van der Waals surface area contributed by atoms with E-state index in [1.165, 1.54) is 19.5 Å². The maximum atomic E-state index is 11.3. The van der Waals surface area contributed by atoms with Gasteiger partial charge in [-0.15, -0.1) is 0 Å². The highest BCUT2D eigenvalue weighted by Gasteiger charge is 2.10. The summed E-state index contributed by atoms with van der Waals surface area (Å²) in [6.07, 6.45) is 2.83. The van der Waals surface area contributed by atoms with Crippen LogP contribution in [0.3, 0.4) is 0 Å². The first kappa shape index (κ1) is 13.5. The standard InChI is InChI=1S/C14H12N4O2/c1-18(11-5-3-4-10(6-11)7-15)13-9-16-12(8-17-13)14(19)20-2/h3-6,8-9H,1-2H3. The molecule has 1 aromatic carbocycles. The zero-order valence-corrected chi connectivity index (χ0v) is 11.1. The van der Waals surface area contributed by atoms with Gasteiger partial charge in [0.05, 0.1) is 31.1 Å². The number of anilines is 2. The minimum atomic E-state index is -0.529. The van der Waals surface area contributed by atoms with Gasteiger partial charge in [0.2, 0.25) is 0 Å². The molecule has 0 aliphatic rings. The number of hydrogen-bond donors (Lipinski definition) is 0. The van der Waals surface area contributed by atoms with Gasteiger partial charge in [0.15, 0.2) is 11.5 Å². The van der Waals surface area contributed by atoms with Crippen LogP contribution < -0.4 is 4.90 Å². The molecule has 0 aliphatic carbocycles. The SMILES string of the molecule is COC(=O)c1cnc(N(C)c2cccc(C#N)c2)cn1. The van der Waals surface area contributed by atoms with E-state index in [1.54, 1.807) is 30.1 Å². The van der Waals surface area contributed by atoms with E-state index in [9.17, 15) is 4.79 Å². The minimum Gasteiger partial charge on any atom is -0.464 e. The number of nitrogens with zero attached hydrogens (tertiary/aromatic N) is 4. The van der Waals surface area contributed by atoms with Crippen LogP contribution in [0, 0.1) is 11.3 Å². The van der Waals surface area contributed by atoms with Crippen molar-refractivity contribution in [2.45, 2.75) is 0 Å². The molecule has 1 heterocycles. The van der Waals surface area contributed by atoms with Gasteiger partial charge in [-0.2, -0.15) is 5.26 Å². The highest BCUT2D eigenvalue weighted by atomic mass is 16.5. The van der Waals surface area contributed by atoms with Gasteiger partial charge in [0, 0.05) is 12.7 Å². The zero-order chi connectivity index (χ0) is 14.5. The second-order valence-electron chi connectivity index (χ2n) is 3.97. The van der Waals surface area contributed by atoms with E-state index in [0.717, 1.165) is 5.69 Å². The Morgan fingerprint density at radius 1 is 1.35 bits per heavy atom. The van der Waals surface area contributed by atoms with Gasteiger partial charge < -0.3 is 9.64 Å². The molecule has 0 unspecified atom stereocenters. The van der Waals surface area contributed by atoms with Crippen LogP contribution in [0.5, 0.6) is 0 Å². The predicted octanol–water partition coefficient (Wildman–Crippen LogP) is 1.90. The maximum Gasteiger partial charge on any atom is 0.358 e. The summed E-state index contributed by atoms with van der Waals surface area (Å²) in [4.78, 5) is 21.2. The molecule has 0 saturated carbocycles. The lowest BCUT2D eigenvalue weighted by atomic mass is 10.2. The number of methoxy groups -OCH3 is 1. The molecule has 0 atom stereocenters. The van der Waals surface area contributed by atoms with Gasteiger partial charge in [-0.05, 0) is 18.2 Å². The van der Waals surface area contributed by atoms with E-state index in [1.807, 2.05) is 6.07 Å². The van der Waals surface area contributed by atoms with Crippen molar-refractivity contribution < 1.29 is 9.53 Å². The summed E-state index contributed by atoms with van der Waals surface area (Å²) in [6, 6.07) is 9.20. The lowest BCUT2D eigenvalue weighted by Gasteiger charge is -2.17. The topological polar surface area (TPSA) is 79.1 Å². The van der Waals surface area contributed by atoms with Crippen molar-refractivity contribution in [2.75, 3.05) is 19.1 Å².